The van der Waals surface area contributed by atoms with Gasteiger partial charge in [0.2, 0.25) is 10.0 Å². The number of rotatable bonds is 6. The first kappa shape index (κ1) is 27.3. The molecule has 5 aliphatic rings. The lowest BCUT2D eigenvalue weighted by Gasteiger charge is -2.49. The van der Waals surface area contributed by atoms with Crippen LogP contribution >= 0.6 is 0 Å². The van der Waals surface area contributed by atoms with Crippen LogP contribution < -0.4 is 10.6 Å². The van der Waals surface area contributed by atoms with Gasteiger partial charge in [0.25, 0.3) is 0 Å². The summed E-state index contributed by atoms with van der Waals surface area (Å²) in [4.78, 5) is 12.8. The Hall–Kier alpha value is -1.90. The molecule has 1 spiro atoms. The summed E-state index contributed by atoms with van der Waals surface area (Å²) >= 11 is 0. The number of hydrogen-bond acceptors (Lipinski definition) is 4. The first-order valence-corrected chi connectivity index (χ1v) is 16.6. The lowest BCUT2D eigenvalue weighted by atomic mass is 9.64. The van der Waals surface area contributed by atoms with E-state index in [1.165, 1.54) is 17.5 Å². The molecule has 3 saturated carbocycles. The van der Waals surface area contributed by atoms with E-state index in [4.69, 9.17) is 0 Å². The SMILES string of the molecule is CC1(C)[C@@H]2CC[C@@]1(CS(=O)(=O)N1CCC3(C=Cc4ccccc43)CC1)[C@@](O)(CNC(=O)NC1CCCCC1)C2. The van der Waals surface area contributed by atoms with E-state index in [-0.39, 0.29) is 41.1 Å². The van der Waals surface area contributed by atoms with E-state index in [1.54, 1.807) is 4.31 Å². The van der Waals surface area contributed by atoms with Crippen molar-refractivity contribution in [3.63, 3.8) is 0 Å². The molecule has 1 aliphatic heterocycles. The smallest absolute Gasteiger partial charge is 0.315 e. The molecule has 4 aliphatic carbocycles. The van der Waals surface area contributed by atoms with Gasteiger partial charge in [0.15, 0.2) is 0 Å². The molecule has 3 atom stereocenters. The Balaban J connectivity index is 1.16. The average Bonchev–Trinajstić information content (AvgIpc) is 3.44. The highest BCUT2D eigenvalue weighted by atomic mass is 32.2. The number of allylic oxidation sites excluding steroid dienone is 1. The molecule has 39 heavy (non-hydrogen) atoms. The third-order valence-corrected chi connectivity index (χ3v) is 13.7. The predicted octanol–water partition coefficient (Wildman–Crippen LogP) is 4.57. The number of amides is 2. The van der Waals surface area contributed by atoms with Crippen molar-refractivity contribution in [1.29, 1.82) is 0 Å². The lowest BCUT2D eigenvalue weighted by molar-refractivity contribution is -0.0835. The van der Waals surface area contributed by atoms with E-state index in [1.807, 2.05) is 0 Å². The molecule has 1 heterocycles. The van der Waals surface area contributed by atoms with E-state index < -0.39 is 21.0 Å². The van der Waals surface area contributed by atoms with Crippen molar-refractivity contribution in [3.8, 4) is 0 Å². The van der Waals surface area contributed by atoms with Gasteiger partial charge in [0.1, 0.15) is 0 Å². The lowest BCUT2D eigenvalue weighted by Crippen LogP contribution is -2.61. The Morgan fingerprint density at radius 2 is 1.77 bits per heavy atom. The summed E-state index contributed by atoms with van der Waals surface area (Å²) in [6, 6.07) is 8.36. The molecule has 6 rings (SSSR count). The Kier molecular flexibility index (Phi) is 6.71. The number of piperidine rings is 1. The van der Waals surface area contributed by atoms with Crippen LogP contribution in [0.4, 0.5) is 4.79 Å². The normalized spacial score (nSPS) is 33.4. The monoisotopic (exact) mass is 555 g/mol. The van der Waals surface area contributed by atoms with Crippen LogP contribution in [-0.4, -0.2) is 60.9 Å². The fraction of sp³-hybridized carbons (Fsp3) is 0.710. The number of aliphatic hydroxyl groups is 1. The van der Waals surface area contributed by atoms with Crippen molar-refractivity contribution in [3.05, 3.63) is 41.5 Å². The van der Waals surface area contributed by atoms with Crippen LogP contribution in [0.5, 0.6) is 0 Å². The third kappa shape index (κ3) is 4.36. The van der Waals surface area contributed by atoms with Crippen molar-refractivity contribution >= 4 is 22.1 Å². The minimum Gasteiger partial charge on any atom is -0.387 e. The molecule has 7 nitrogen and oxygen atoms in total. The molecule has 3 N–H and O–H groups in total. The molecule has 1 aromatic rings. The first-order valence-electron chi connectivity index (χ1n) is 15.0. The van der Waals surface area contributed by atoms with E-state index in [9.17, 15) is 18.3 Å². The number of carbonyl (C=O) groups excluding carboxylic acids is 1. The fourth-order valence-electron chi connectivity index (χ4n) is 9.07. The molecule has 0 aromatic heterocycles. The van der Waals surface area contributed by atoms with Crippen LogP contribution in [0.3, 0.4) is 0 Å². The van der Waals surface area contributed by atoms with Gasteiger partial charge >= 0.3 is 6.03 Å². The highest BCUT2D eigenvalue weighted by molar-refractivity contribution is 7.89. The molecular weight excluding hydrogens is 510 g/mol. The quantitative estimate of drug-likeness (QED) is 0.479. The Labute approximate surface area is 233 Å². The summed E-state index contributed by atoms with van der Waals surface area (Å²) in [5.74, 6) is 0.177. The zero-order chi connectivity index (χ0) is 27.5. The number of nitrogens with one attached hydrogen (secondary N) is 2. The van der Waals surface area contributed by atoms with Gasteiger partial charge in [-0.05, 0) is 67.4 Å². The molecule has 0 unspecified atom stereocenters. The molecule has 2 amide bonds. The molecule has 8 heteroatoms. The zero-order valence-corrected chi connectivity index (χ0v) is 24.4. The van der Waals surface area contributed by atoms with Gasteiger partial charge in [0, 0.05) is 36.5 Å². The minimum absolute atomic E-state index is 0.0641. The van der Waals surface area contributed by atoms with Crippen LogP contribution in [0.25, 0.3) is 6.08 Å². The molecule has 0 radical (unpaired) electrons. The summed E-state index contributed by atoms with van der Waals surface area (Å²) in [6.07, 6.45) is 13.6. The van der Waals surface area contributed by atoms with Gasteiger partial charge in [0.05, 0.1) is 11.4 Å². The summed E-state index contributed by atoms with van der Waals surface area (Å²) < 4.78 is 29.8. The van der Waals surface area contributed by atoms with Crippen LogP contribution in [-0.2, 0) is 15.4 Å². The molecule has 4 fully saturated rings. The maximum Gasteiger partial charge on any atom is 0.315 e. The van der Waals surface area contributed by atoms with E-state index >= 15 is 0 Å². The number of hydrogen-bond donors (Lipinski definition) is 3. The van der Waals surface area contributed by atoms with E-state index in [0.29, 0.717) is 25.9 Å². The van der Waals surface area contributed by atoms with Crippen LogP contribution in [0, 0.1) is 16.7 Å². The maximum atomic E-state index is 14.0. The van der Waals surface area contributed by atoms with Gasteiger partial charge in [-0.1, -0.05) is 69.5 Å². The first-order chi connectivity index (χ1) is 18.5. The van der Waals surface area contributed by atoms with E-state index in [0.717, 1.165) is 44.9 Å². The maximum absolute atomic E-state index is 14.0. The number of urea groups is 1. The molecule has 214 valence electrons. The van der Waals surface area contributed by atoms with Crippen molar-refractivity contribution in [1.82, 2.24) is 14.9 Å². The van der Waals surface area contributed by atoms with Gasteiger partial charge in [-0.25, -0.2) is 17.5 Å². The zero-order valence-electron chi connectivity index (χ0n) is 23.5. The minimum atomic E-state index is -3.62. The Bertz CT molecular complexity index is 1250. The molecule has 1 aromatic carbocycles. The molecular formula is C31H45N3O4S. The van der Waals surface area contributed by atoms with Gasteiger partial charge in [-0.2, -0.15) is 0 Å². The van der Waals surface area contributed by atoms with Gasteiger partial charge < -0.3 is 15.7 Å². The fourth-order valence-corrected chi connectivity index (χ4v) is 11.4. The van der Waals surface area contributed by atoms with Crippen molar-refractivity contribution in [2.24, 2.45) is 16.7 Å². The van der Waals surface area contributed by atoms with Crippen molar-refractivity contribution < 1.29 is 18.3 Å². The largest absolute Gasteiger partial charge is 0.387 e. The van der Waals surface area contributed by atoms with Crippen LogP contribution in [0.15, 0.2) is 30.3 Å². The second-order valence-corrected chi connectivity index (χ2v) is 15.6. The third-order valence-electron chi connectivity index (χ3n) is 11.6. The van der Waals surface area contributed by atoms with Gasteiger partial charge in [-0.3, -0.25) is 0 Å². The Morgan fingerprint density at radius 3 is 2.49 bits per heavy atom. The number of carbonyl (C=O) groups is 1. The molecule has 2 bridgehead atoms. The Morgan fingerprint density at radius 1 is 1.05 bits per heavy atom. The molecule has 1 saturated heterocycles. The van der Waals surface area contributed by atoms with Crippen molar-refractivity contribution in [2.45, 2.75) is 95.1 Å². The summed E-state index contributed by atoms with van der Waals surface area (Å²) in [5.41, 5.74) is 0.0885. The highest BCUT2D eigenvalue weighted by Crippen LogP contribution is 2.70. The number of fused-ring (bicyclic) bond motifs is 4. The standard InChI is InChI=1S/C31H45N3O4S/c1-28(2)24-13-15-30(28,31(36,20-24)21-32-27(35)33-25-9-4-3-5-10-25)22-39(37,38)34-18-16-29(17-19-34)14-12-23-8-6-7-11-26(23)29/h6-8,11-12,14,24-25,36H,3-5,9-10,13,15-22H2,1-2H3,(H2,32,33,35)/t24-,30+,31+/m1/s1. The van der Waals surface area contributed by atoms with Crippen molar-refractivity contribution in [2.75, 3.05) is 25.4 Å². The van der Waals surface area contributed by atoms with E-state index in [2.05, 4.69) is 60.9 Å². The number of nitrogens with zero attached hydrogens (tertiary/aromatic N) is 1. The number of sulfonamides is 1. The predicted molar refractivity (Wildman–Crippen MR) is 154 cm³/mol. The summed E-state index contributed by atoms with van der Waals surface area (Å²) in [6.45, 7) is 5.33. The summed E-state index contributed by atoms with van der Waals surface area (Å²) in [5, 5.41) is 18.2. The van der Waals surface area contributed by atoms with Gasteiger partial charge in [-0.15, -0.1) is 0 Å². The second-order valence-electron chi connectivity index (χ2n) is 13.7. The average molecular weight is 556 g/mol. The summed E-state index contributed by atoms with van der Waals surface area (Å²) in [7, 11) is -3.62. The van der Waals surface area contributed by atoms with Crippen LogP contribution in [0.2, 0.25) is 0 Å². The van der Waals surface area contributed by atoms with Crippen LogP contribution in [0.1, 0.15) is 89.2 Å². The topological polar surface area (TPSA) is 98.7 Å². The second kappa shape index (κ2) is 9.59. The highest BCUT2D eigenvalue weighted by Gasteiger charge is 2.72. The number of benzene rings is 1.